The van der Waals surface area contributed by atoms with Gasteiger partial charge in [-0.05, 0) is 93.4 Å². The molecule has 61 heavy (non-hydrogen) atoms. The second kappa shape index (κ2) is 12.6. The zero-order valence-corrected chi connectivity index (χ0v) is 33.8. The molecule has 9 aromatic carbocycles. The summed E-state index contributed by atoms with van der Waals surface area (Å²) in [4.78, 5) is 11.0. The number of hydrogen-bond donors (Lipinski definition) is 0. The summed E-state index contributed by atoms with van der Waals surface area (Å²) in [5.41, 5.74) is 15.2. The van der Waals surface area contributed by atoms with Crippen LogP contribution in [-0.4, -0.2) is 19.1 Å². The molecule has 3 aromatic heterocycles. The number of benzene rings is 9. The molecule has 0 aliphatic heterocycles. The van der Waals surface area contributed by atoms with E-state index in [1.807, 2.05) is 0 Å². The maximum absolute atomic E-state index is 5.58. The second-order valence-electron chi connectivity index (χ2n) is 17.0. The third-order valence-electron chi connectivity index (χ3n) is 13.3. The lowest BCUT2D eigenvalue weighted by Gasteiger charge is -2.22. The van der Waals surface area contributed by atoms with Gasteiger partial charge in [0.15, 0.2) is 5.82 Å². The van der Waals surface area contributed by atoms with Crippen molar-refractivity contribution in [1.29, 1.82) is 0 Å². The van der Waals surface area contributed by atoms with Crippen LogP contribution in [0.3, 0.4) is 0 Å². The lowest BCUT2D eigenvalue weighted by molar-refractivity contribution is 0.660. The van der Waals surface area contributed by atoms with Crippen molar-refractivity contribution < 1.29 is 0 Å². The van der Waals surface area contributed by atoms with Crippen LogP contribution in [0.1, 0.15) is 25.0 Å². The third kappa shape index (κ3) is 4.82. The Morgan fingerprint density at radius 3 is 1.92 bits per heavy atom. The first-order valence-corrected chi connectivity index (χ1v) is 21.1. The predicted octanol–water partition coefficient (Wildman–Crippen LogP) is 14.6. The van der Waals surface area contributed by atoms with Crippen LogP contribution < -0.4 is 0 Å². The van der Waals surface area contributed by atoms with Gasteiger partial charge in [0.25, 0.3) is 0 Å². The summed E-state index contributed by atoms with van der Waals surface area (Å²) in [7, 11) is 0. The molecule has 0 N–H and O–H groups in total. The fourth-order valence-corrected chi connectivity index (χ4v) is 10.5. The van der Waals surface area contributed by atoms with Crippen molar-refractivity contribution in [2.24, 2.45) is 0 Å². The first kappa shape index (κ1) is 34.1. The molecular formula is C57H38N4. The Morgan fingerprint density at radius 2 is 1.05 bits per heavy atom. The van der Waals surface area contributed by atoms with E-state index >= 15 is 0 Å². The van der Waals surface area contributed by atoms with E-state index in [1.54, 1.807) is 0 Å². The summed E-state index contributed by atoms with van der Waals surface area (Å²) in [6, 6.07) is 70.5. The first-order chi connectivity index (χ1) is 30.0. The Morgan fingerprint density at radius 1 is 0.393 bits per heavy atom. The van der Waals surface area contributed by atoms with E-state index < -0.39 is 0 Å². The number of nitrogens with zero attached hydrogens (tertiary/aromatic N) is 4. The number of para-hydroxylation sites is 3. The number of fused-ring (bicyclic) bond motifs is 12. The molecule has 0 saturated carbocycles. The van der Waals surface area contributed by atoms with Gasteiger partial charge in [-0.2, -0.15) is 0 Å². The summed E-state index contributed by atoms with van der Waals surface area (Å²) in [6.45, 7) is 4.66. The molecule has 1 aliphatic rings. The topological polar surface area (TPSA) is 35.6 Å². The van der Waals surface area contributed by atoms with Gasteiger partial charge in [-0.3, -0.25) is 4.57 Å². The molecule has 0 unspecified atom stereocenters. The fourth-order valence-electron chi connectivity index (χ4n) is 10.5. The molecule has 0 radical (unpaired) electrons. The highest BCUT2D eigenvalue weighted by molar-refractivity contribution is 6.18. The molecule has 0 saturated heterocycles. The number of hydrogen-bond acceptors (Lipinski definition) is 2. The fraction of sp³-hybridized carbons (Fsp3) is 0.0526. The van der Waals surface area contributed by atoms with E-state index in [-0.39, 0.29) is 5.41 Å². The summed E-state index contributed by atoms with van der Waals surface area (Å²) >= 11 is 0. The van der Waals surface area contributed by atoms with Gasteiger partial charge < -0.3 is 4.57 Å². The Bertz CT molecular complexity index is 3790. The summed E-state index contributed by atoms with van der Waals surface area (Å²) in [5.74, 6) is 1.60. The minimum absolute atomic E-state index is 0.139. The molecule has 0 spiro atoms. The molecule has 1 aliphatic carbocycles. The molecule has 4 nitrogen and oxygen atoms in total. The zero-order chi connectivity index (χ0) is 40.4. The van der Waals surface area contributed by atoms with Crippen molar-refractivity contribution in [2.75, 3.05) is 0 Å². The van der Waals surface area contributed by atoms with Gasteiger partial charge in [-0.15, -0.1) is 0 Å². The van der Waals surface area contributed by atoms with Crippen LogP contribution in [0.25, 0.3) is 110 Å². The van der Waals surface area contributed by atoms with Gasteiger partial charge in [0.1, 0.15) is 5.82 Å². The Hall–Kier alpha value is -7.82. The lowest BCUT2D eigenvalue weighted by atomic mass is 9.82. The van der Waals surface area contributed by atoms with E-state index in [0.29, 0.717) is 0 Å². The molecule has 286 valence electrons. The minimum Gasteiger partial charge on any atom is -0.309 e. The highest BCUT2D eigenvalue weighted by Crippen LogP contribution is 2.50. The van der Waals surface area contributed by atoms with Gasteiger partial charge in [0.2, 0.25) is 0 Å². The molecule has 0 atom stereocenters. The van der Waals surface area contributed by atoms with Crippen molar-refractivity contribution in [2.45, 2.75) is 19.3 Å². The van der Waals surface area contributed by atoms with Crippen LogP contribution in [0.4, 0.5) is 0 Å². The van der Waals surface area contributed by atoms with Crippen molar-refractivity contribution in [3.05, 3.63) is 205 Å². The van der Waals surface area contributed by atoms with Gasteiger partial charge in [0.05, 0.1) is 27.6 Å². The Kier molecular flexibility index (Phi) is 7.04. The maximum atomic E-state index is 5.58. The first-order valence-electron chi connectivity index (χ1n) is 21.1. The zero-order valence-electron chi connectivity index (χ0n) is 33.8. The molecule has 13 rings (SSSR count). The normalized spacial score (nSPS) is 13.2. The summed E-state index contributed by atoms with van der Waals surface area (Å²) in [5, 5.41) is 8.15. The average Bonchev–Trinajstić information content (AvgIpc) is 3.91. The van der Waals surface area contributed by atoms with Crippen molar-refractivity contribution >= 4 is 65.3 Å². The number of rotatable bonds is 4. The molecule has 12 aromatic rings. The monoisotopic (exact) mass is 778 g/mol. The molecule has 4 heteroatoms. The molecule has 0 fully saturated rings. The highest BCUT2D eigenvalue weighted by atomic mass is 15.1. The molecule has 0 bridgehead atoms. The predicted molar refractivity (Wildman–Crippen MR) is 254 cm³/mol. The van der Waals surface area contributed by atoms with Gasteiger partial charge in [0, 0.05) is 49.0 Å². The summed E-state index contributed by atoms with van der Waals surface area (Å²) in [6.07, 6.45) is 0. The Balaban J connectivity index is 1.06. The van der Waals surface area contributed by atoms with Crippen molar-refractivity contribution in [1.82, 2.24) is 19.1 Å². The largest absolute Gasteiger partial charge is 0.309 e. The molecule has 3 heterocycles. The Labute approximate surface area is 352 Å². The van der Waals surface area contributed by atoms with E-state index in [4.69, 9.17) is 9.97 Å². The standard InChI is InChI=1S/C57H38N4/c1-57(2)47-23-11-8-19-41(47)42-30-28-37(34-48(42)57)55-58-54-40-18-7-6-15-35(40)27-31-45(54)56(59-55)61-49-24-12-9-20-43(49)46-33-36(29-32-51(46)61)39-22-14-26-52-53(39)44-21-10-13-25-50(44)60(52)38-16-4-3-5-17-38/h3-34H,1-2H3. The van der Waals surface area contributed by atoms with E-state index in [0.717, 1.165) is 55.6 Å². The van der Waals surface area contributed by atoms with Crippen LogP contribution >= 0.6 is 0 Å². The molecular weight excluding hydrogens is 741 g/mol. The average molecular weight is 779 g/mol. The van der Waals surface area contributed by atoms with Gasteiger partial charge in [-0.1, -0.05) is 153 Å². The van der Waals surface area contributed by atoms with Gasteiger partial charge in [-0.25, -0.2) is 9.97 Å². The van der Waals surface area contributed by atoms with Crippen LogP contribution in [0.5, 0.6) is 0 Å². The van der Waals surface area contributed by atoms with Crippen LogP contribution in [0, 0.1) is 0 Å². The van der Waals surface area contributed by atoms with Crippen LogP contribution in [0.15, 0.2) is 194 Å². The molecule has 0 amide bonds. The quantitative estimate of drug-likeness (QED) is 0.167. The van der Waals surface area contributed by atoms with E-state index in [9.17, 15) is 0 Å². The van der Waals surface area contributed by atoms with E-state index in [2.05, 4.69) is 217 Å². The lowest BCUT2D eigenvalue weighted by Crippen LogP contribution is -2.15. The highest BCUT2D eigenvalue weighted by Gasteiger charge is 2.35. The second-order valence-corrected chi connectivity index (χ2v) is 17.0. The van der Waals surface area contributed by atoms with Crippen LogP contribution in [0.2, 0.25) is 0 Å². The van der Waals surface area contributed by atoms with Crippen molar-refractivity contribution in [3.63, 3.8) is 0 Å². The summed E-state index contributed by atoms with van der Waals surface area (Å²) < 4.78 is 4.76. The van der Waals surface area contributed by atoms with Crippen molar-refractivity contribution in [3.8, 4) is 45.1 Å². The SMILES string of the molecule is CC1(C)c2ccccc2-c2ccc(-c3nc(-n4c5ccccc5c5cc(-c6cccc7c6c6ccccc6n7-c6ccccc6)ccc54)c4ccc5ccccc5c4n3)cc21. The smallest absolute Gasteiger partial charge is 0.162 e. The van der Waals surface area contributed by atoms with E-state index in [1.165, 1.54) is 66.0 Å². The van der Waals surface area contributed by atoms with Crippen LogP contribution in [-0.2, 0) is 5.41 Å². The van der Waals surface area contributed by atoms with Gasteiger partial charge >= 0.3 is 0 Å². The number of aromatic nitrogens is 4. The maximum Gasteiger partial charge on any atom is 0.162 e. The third-order valence-corrected chi connectivity index (χ3v) is 13.3. The minimum atomic E-state index is -0.139.